The highest BCUT2D eigenvalue weighted by Gasteiger charge is 2.24. The third-order valence-electron chi connectivity index (χ3n) is 3.93. The Kier molecular flexibility index (Phi) is 3.50. The highest BCUT2D eigenvalue weighted by atomic mass is 32.1. The van der Waals surface area contributed by atoms with Gasteiger partial charge in [-0.3, -0.25) is 4.79 Å². The summed E-state index contributed by atoms with van der Waals surface area (Å²) in [7, 11) is 0. The SMILES string of the molecule is C[C@@H]1C[C@H](C)CN(c2csc3ccc(F)cc3c2=O)C1. The molecule has 3 rings (SSSR count). The van der Waals surface area contributed by atoms with Crippen molar-refractivity contribution in [2.24, 2.45) is 11.8 Å². The number of halogens is 1. The van der Waals surface area contributed by atoms with Crippen LogP contribution in [-0.2, 0) is 0 Å². The highest BCUT2D eigenvalue weighted by molar-refractivity contribution is 7.16. The average Bonchev–Trinajstić information content (AvgIpc) is 2.38. The molecule has 0 N–H and O–H groups in total. The van der Waals surface area contributed by atoms with Crippen LogP contribution in [0.1, 0.15) is 20.3 Å². The van der Waals surface area contributed by atoms with Crippen molar-refractivity contribution in [1.29, 1.82) is 0 Å². The Morgan fingerprint density at radius 3 is 2.65 bits per heavy atom. The van der Waals surface area contributed by atoms with Gasteiger partial charge in [0.2, 0.25) is 5.43 Å². The van der Waals surface area contributed by atoms with Crippen LogP contribution in [0.25, 0.3) is 10.1 Å². The molecule has 2 nitrogen and oxygen atoms in total. The minimum absolute atomic E-state index is 0.0421. The van der Waals surface area contributed by atoms with Gasteiger partial charge in [-0.05, 0) is 36.5 Å². The van der Waals surface area contributed by atoms with Crippen molar-refractivity contribution >= 4 is 27.1 Å². The first-order valence-electron chi connectivity index (χ1n) is 7.00. The van der Waals surface area contributed by atoms with Gasteiger partial charge in [-0.1, -0.05) is 13.8 Å². The van der Waals surface area contributed by atoms with Gasteiger partial charge < -0.3 is 4.90 Å². The molecule has 1 saturated heterocycles. The number of rotatable bonds is 1. The highest BCUT2D eigenvalue weighted by Crippen LogP contribution is 2.27. The molecule has 0 radical (unpaired) electrons. The van der Waals surface area contributed by atoms with Gasteiger partial charge in [-0.15, -0.1) is 11.3 Å². The zero-order valence-corrected chi connectivity index (χ0v) is 12.5. The molecule has 0 amide bonds. The molecule has 2 atom stereocenters. The molecule has 20 heavy (non-hydrogen) atoms. The van der Waals surface area contributed by atoms with Gasteiger partial charge in [-0.2, -0.15) is 0 Å². The normalized spacial score (nSPS) is 23.2. The molecule has 0 spiro atoms. The second-order valence-corrected chi connectivity index (χ2v) is 6.85. The Balaban J connectivity index is 2.08. The van der Waals surface area contributed by atoms with E-state index in [2.05, 4.69) is 18.7 Å². The molecule has 106 valence electrons. The van der Waals surface area contributed by atoms with Crippen LogP contribution in [-0.4, -0.2) is 13.1 Å². The van der Waals surface area contributed by atoms with E-state index in [0.29, 0.717) is 17.2 Å². The van der Waals surface area contributed by atoms with Crippen molar-refractivity contribution in [2.75, 3.05) is 18.0 Å². The number of nitrogens with zero attached hydrogens (tertiary/aromatic N) is 1. The number of hydrogen-bond donors (Lipinski definition) is 0. The first kappa shape index (κ1) is 13.6. The molecule has 0 bridgehead atoms. The minimum atomic E-state index is -0.348. The van der Waals surface area contributed by atoms with Crippen LogP contribution in [0.15, 0.2) is 28.4 Å². The van der Waals surface area contributed by atoms with Crippen molar-refractivity contribution in [3.8, 4) is 0 Å². The molecular formula is C16H18FNOS. The first-order valence-corrected chi connectivity index (χ1v) is 7.88. The summed E-state index contributed by atoms with van der Waals surface area (Å²) in [4.78, 5) is 14.8. The summed E-state index contributed by atoms with van der Waals surface area (Å²) in [6.07, 6.45) is 1.20. The molecule has 1 aromatic heterocycles. The molecule has 1 aromatic carbocycles. The Labute approximate surface area is 121 Å². The number of hydrogen-bond acceptors (Lipinski definition) is 3. The van der Waals surface area contributed by atoms with Crippen molar-refractivity contribution in [2.45, 2.75) is 20.3 Å². The topological polar surface area (TPSA) is 20.3 Å². The summed E-state index contributed by atoms with van der Waals surface area (Å²) in [5, 5.41) is 2.42. The van der Waals surface area contributed by atoms with Crippen LogP contribution < -0.4 is 10.3 Å². The quantitative estimate of drug-likeness (QED) is 0.794. The molecule has 0 aliphatic carbocycles. The van der Waals surface area contributed by atoms with Crippen molar-refractivity contribution in [3.63, 3.8) is 0 Å². The monoisotopic (exact) mass is 291 g/mol. The summed E-state index contributed by atoms with van der Waals surface area (Å²) < 4.78 is 14.2. The molecule has 1 aliphatic rings. The molecule has 2 aromatic rings. The van der Waals surface area contributed by atoms with Crippen LogP contribution in [0.2, 0.25) is 0 Å². The lowest BCUT2D eigenvalue weighted by molar-refractivity contribution is 0.356. The molecule has 0 saturated carbocycles. The minimum Gasteiger partial charge on any atom is -0.367 e. The van der Waals surface area contributed by atoms with Gasteiger partial charge >= 0.3 is 0 Å². The number of piperidine rings is 1. The predicted octanol–water partition coefficient (Wildman–Crippen LogP) is 3.88. The Morgan fingerprint density at radius 2 is 1.95 bits per heavy atom. The van der Waals surface area contributed by atoms with Gasteiger partial charge in [0.15, 0.2) is 0 Å². The molecular weight excluding hydrogens is 273 g/mol. The van der Waals surface area contributed by atoms with Crippen LogP contribution in [0.3, 0.4) is 0 Å². The maximum atomic E-state index is 13.4. The van der Waals surface area contributed by atoms with Crippen molar-refractivity contribution < 1.29 is 4.39 Å². The van der Waals surface area contributed by atoms with Gasteiger partial charge in [0.1, 0.15) is 5.82 Å². The summed E-state index contributed by atoms with van der Waals surface area (Å²) in [6.45, 7) is 6.26. The number of benzene rings is 1. The molecule has 1 aliphatic heterocycles. The van der Waals surface area contributed by atoms with Gasteiger partial charge in [0, 0.05) is 28.6 Å². The first-order chi connectivity index (χ1) is 9.54. The van der Waals surface area contributed by atoms with E-state index in [0.717, 1.165) is 23.5 Å². The Morgan fingerprint density at radius 1 is 1.25 bits per heavy atom. The largest absolute Gasteiger partial charge is 0.367 e. The second-order valence-electron chi connectivity index (χ2n) is 5.94. The van der Waals surface area contributed by atoms with Crippen LogP contribution in [0, 0.1) is 17.7 Å². The Hall–Kier alpha value is -1.42. The van der Waals surface area contributed by atoms with E-state index in [1.165, 1.54) is 29.9 Å². The van der Waals surface area contributed by atoms with Crippen LogP contribution in [0.5, 0.6) is 0 Å². The molecule has 2 heterocycles. The maximum Gasteiger partial charge on any atom is 0.211 e. The third kappa shape index (κ3) is 2.44. The zero-order valence-electron chi connectivity index (χ0n) is 11.7. The van der Waals surface area contributed by atoms with Gasteiger partial charge in [-0.25, -0.2) is 4.39 Å². The molecule has 0 unspecified atom stereocenters. The van der Waals surface area contributed by atoms with E-state index in [-0.39, 0.29) is 11.2 Å². The lowest BCUT2D eigenvalue weighted by Crippen LogP contribution is -2.40. The van der Waals surface area contributed by atoms with Crippen LogP contribution in [0.4, 0.5) is 10.1 Å². The van der Waals surface area contributed by atoms with E-state index >= 15 is 0 Å². The Bertz CT molecular complexity index is 686. The molecule has 1 fully saturated rings. The van der Waals surface area contributed by atoms with E-state index in [4.69, 9.17) is 0 Å². The standard InChI is InChI=1S/C16H18FNOS/c1-10-5-11(2)8-18(7-10)14-9-20-15-4-3-12(17)6-13(15)16(14)19/h3-4,6,9-11H,5,7-8H2,1-2H3/t10-,11+. The fraction of sp³-hybridized carbons (Fsp3) is 0.438. The van der Waals surface area contributed by atoms with E-state index in [9.17, 15) is 9.18 Å². The number of anilines is 1. The smallest absolute Gasteiger partial charge is 0.211 e. The van der Waals surface area contributed by atoms with E-state index in [1.54, 1.807) is 6.07 Å². The zero-order chi connectivity index (χ0) is 14.3. The summed E-state index contributed by atoms with van der Waals surface area (Å²) in [5.74, 6) is 0.831. The fourth-order valence-corrected chi connectivity index (χ4v) is 4.09. The van der Waals surface area contributed by atoms with Gasteiger partial charge in [0.05, 0.1) is 5.69 Å². The average molecular weight is 291 g/mol. The second kappa shape index (κ2) is 5.17. The summed E-state index contributed by atoms with van der Waals surface area (Å²) in [6, 6.07) is 4.44. The predicted molar refractivity (Wildman–Crippen MR) is 83.2 cm³/mol. The fourth-order valence-electron chi connectivity index (χ4n) is 3.17. The van der Waals surface area contributed by atoms with Crippen LogP contribution >= 0.6 is 11.3 Å². The van der Waals surface area contributed by atoms with E-state index < -0.39 is 0 Å². The van der Waals surface area contributed by atoms with Crippen molar-refractivity contribution in [1.82, 2.24) is 0 Å². The third-order valence-corrected chi connectivity index (χ3v) is 4.88. The number of fused-ring (bicyclic) bond motifs is 1. The van der Waals surface area contributed by atoms with Crippen molar-refractivity contribution in [3.05, 3.63) is 39.6 Å². The lowest BCUT2D eigenvalue weighted by atomic mass is 9.91. The van der Waals surface area contributed by atoms with Gasteiger partial charge in [0.25, 0.3) is 0 Å². The molecule has 4 heteroatoms. The van der Waals surface area contributed by atoms with E-state index in [1.807, 2.05) is 5.38 Å². The lowest BCUT2D eigenvalue weighted by Gasteiger charge is -2.36. The maximum absolute atomic E-state index is 13.4. The summed E-state index contributed by atoms with van der Waals surface area (Å²) >= 11 is 1.51. The summed E-state index contributed by atoms with van der Waals surface area (Å²) in [5.41, 5.74) is 0.686.